The highest BCUT2D eigenvalue weighted by atomic mass is 32.2. The molecule has 0 amide bonds. The van der Waals surface area contributed by atoms with Crippen molar-refractivity contribution in [3.63, 3.8) is 0 Å². The van der Waals surface area contributed by atoms with Crippen molar-refractivity contribution in [3.8, 4) is 0 Å². The van der Waals surface area contributed by atoms with Gasteiger partial charge in [0.1, 0.15) is 4.21 Å². The predicted molar refractivity (Wildman–Crippen MR) is 111 cm³/mol. The lowest BCUT2D eigenvalue weighted by molar-refractivity contribution is -0.376. The van der Waals surface area contributed by atoms with Gasteiger partial charge in [0.2, 0.25) is 0 Å². The molecule has 1 aliphatic rings. The van der Waals surface area contributed by atoms with Crippen LogP contribution in [0.5, 0.6) is 0 Å². The lowest BCUT2D eigenvalue weighted by Gasteiger charge is -2.44. The summed E-state index contributed by atoms with van der Waals surface area (Å²) in [5, 5.41) is 11.2. The molecule has 0 radical (unpaired) electrons. The predicted octanol–water partition coefficient (Wildman–Crippen LogP) is 4.60. The Morgan fingerprint density at radius 3 is 2.03 bits per heavy atom. The summed E-state index contributed by atoms with van der Waals surface area (Å²) in [6, 6.07) is 6.11. The summed E-state index contributed by atoms with van der Waals surface area (Å²) in [5.74, 6) is -0.0757. The lowest BCUT2D eigenvalue weighted by atomic mass is 9.91. The summed E-state index contributed by atoms with van der Waals surface area (Å²) in [6.45, 7) is 4.09. The van der Waals surface area contributed by atoms with Crippen molar-refractivity contribution in [2.24, 2.45) is 5.92 Å². The van der Waals surface area contributed by atoms with Crippen molar-refractivity contribution in [1.29, 1.82) is 0 Å². The van der Waals surface area contributed by atoms with Crippen molar-refractivity contribution in [2.75, 3.05) is 24.5 Å². The van der Waals surface area contributed by atoms with E-state index in [1.165, 1.54) is 10.4 Å². The molecule has 1 fully saturated rings. The number of anilines is 1. The maximum atomic E-state index is 13.1. The van der Waals surface area contributed by atoms with E-state index in [9.17, 15) is 39.9 Å². The molecule has 0 spiro atoms. The van der Waals surface area contributed by atoms with Gasteiger partial charge in [0.25, 0.3) is 15.6 Å². The van der Waals surface area contributed by atoms with Gasteiger partial charge in [0, 0.05) is 36.9 Å². The standard InChI is InChI=1S/C20H22F6N2O3S2/c1-13(2)16-12-27(33(30,31)17-4-3-11-32-17)9-10-28(16)15-7-5-14(6-8-15)18(29,19(21,22)23)20(24,25)26/h3-8,11,13,16,29H,9-10,12H2,1-2H3/t16-/m1/s1. The first-order chi connectivity index (χ1) is 15.1. The van der Waals surface area contributed by atoms with E-state index in [-0.39, 0.29) is 35.8 Å². The van der Waals surface area contributed by atoms with Gasteiger partial charge in [-0.3, -0.25) is 0 Å². The molecule has 1 aliphatic heterocycles. The molecule has 1 atom stereocenters. The van der Waals surface area contributed by atoms with Crippen LogP contribution in [0, 0.1) is 5.92 Å². The van der Waals surface area contributed by atoms with Crippen molar-refractivity contribution in [2.45, 2.75) is 42.1 Å². The Morgan fingerprint density at radius 2 is 1.58 bits per heavy atom. The van der Waals surface area contributed by atoms with Crippen LogP contribution in [0.15, 0.2) is 46.0 Å². The van der Waals surface area contributed by atoms with E-state index in [0.717, 1.165) is 23.5 Å². The molecule has 0 saturated carbocycles. The molecule has 1 saturated heterocycles. The highest BCUT2D eigenvalue weighted by molar-refractivity contribution is 7.91. The molecule has 0 unspecified atom stereocenters. The van der Waals surface area contributed by atoms with E-state index in [1.807, 2.05) is 13.8 Å². The van der Waals surface area contributed by atoms with Gasteiger partial charge >= 0.3 is 12.4 Å². The second kappa shape index (κ2) is 8.75. The number of halogens is 6. The quantitative estimate of drug-likeness (QED) is 0.591. The minimum atomic E-state index is -5.96. The van der Waals surface area contributed by atoms with Gasteiger partial charge in [-0.05, 0) is 29.5 Å². The summed E-state index contributed by atoms with van der Waals surface area (Å²) >= 11 is 1.09. The fourth-order valence-corrected chi connectivity index (χ4v) is 6.41. The number of hydrogen-bond acceptors (Lipinski definition) is 5. The van der Waals surface area contributed by atoms with Crippen LogP contribution in [0.25, 0.3) is 0 Å². The average Bonchev–Trinajstić information content (AvgIpc) is 3.27. The average molecular weight is 517 g/mol. The molecule has 184 valence electrons. The van der Waals surface area contributed by atoms with Gasteiger partial charge in [-0.2, -0.15) is 30.6 Å². The summed E-state index contributed by atoms with van der Waals surface area (Å²) < 4.78 is 106. The van der Waals surface area contributed by atoms with Crippen LogP contribution < -0.4 is 4.90 Å². The fourth-order valence-electron chi connectivity index (χ4n) is 3.81. The molecule has 13 heteroatoms. The van der Waals surface area contributed by atoms with Crippen molar-refractivity contribution < 1.29 is 39.9 Å². The number of hydrogen-bond donors (Lipinski definition) is 1. The van der Waals surface area contributed by atoms with Crippen LogP contribution in [0.3, 0.4) is 0 Å². The SMILES string of the molecule is CC(C)[C@H]1CN(S(=O)(=O)c2cccs2)CCN1c1ccc(C(O)(C(F)(F)F)C(F)(F)F)cc1. The Morgan fingerprint density at radius 1 is 1.00 bits per heavy atom. The zero-order chi connectivity index (χ0) is 24.8. The second-order valence-electron chi connectivity index (χ2n) is 8.05. The number of nitrogens with zero attached hydrogens (tertiary/aromatic N) is 2. The zero-order valence-electron chi connectivity index (χ0n) is 17.6. The van der Waals surface area contributed by atoms with Crippen LogP contribution in [0.4, 0.5) is 32.0 Å². The topological polar surface area (TPSA) is 60.9 Å². The van der Waals surface area contributed by atoms with E-state index >= 15 is 0 Å². The molecule has 1 N–H and O–H groups in total. The molecule has 3 rings (SSSR count). The third kappa shape index (κ3) is 4.60. The number of benzene rings is 1. The van der Waals surface area contributed by atoms with Crippen LogP contribution >= 0.6 is 11.3 Å². The number of aliphatic hydroxyl groups is 1. The van der Waals surface area contributed by atoms with E-state index in [2.05, 4.69) is 0 Å². The zero-order valence-corrected chi connectivity index (χ0v) is 19.2. The first-order valence-electron chi connectivity index (χ1n) is 9.87. The highest BCUT2D eigenvalue weighted by Crippen LogP contribution is 2.50. The maximum absolute atomic E-state index is 13.1. The third-order valence-corrected chi connectivity index (χ3v) is 8.92. The lowest BCUT2D eigenvalue weighted by Crippen LogP contribution is -2.56. The van der Waals surface area contributed by atoms with Gasteiger partial charge in [0.05, 0.1) is 0 Å². The van der Waals surface area contributed by atoms with Crippen LogP contribution in [0.1, 0.15) is 19.4 Å². The van der Waals surface area contributed by atoms with Crippen LogP contribution in [0.2, 0.25) is 0 Å². The first-order valence-corrected chi connectivity index (χ1v) is 12.2. The van der Waals surface area contributed by atoms with E-state index < -0.39 is 33.5 Å². The second-order valence-corrected chi connectivity index (χ2v) is 11.2. The molecule has 5 nitrogen and oxygen atoms in total. The molecule has 0 bridgehead atoms. The Labute approximate surface area is 191 Å². The largest absolute Gasteiger partial charge is 0.430 e. The Bertz CT molecular complexity index is 1040. The van der Waals surface area contributed by atoms with Crippen molar-refractivity contribution in [1.82, 2.24) is 4.31 Å². The third-order valence-electron chi connectivity index (χ3n) is 5.68. The van der Waals surface area contributed by atoms with Crippen LogP contribution in [-0.2, 0) is 15.6 Å². The van der Waals surface area contributed by atoms with E-state index in [4.69, 9.17) is 0 Å². The normalized spacial score (nSPS) is 19.3. The van der Waals surface area contributed by atoms with Gasteiger partial charge in [-0.1, -0.05) is 32.0 Å². The molecule has 0 aliphatic carbocycles. The van der Waals surface area contributed by atoms with Gasteiger partial charge in [-0.15, -0.1) is 11.3 Å². The van der Waals surface area contributed by atoms with Gasteiger partial charge < -0.3 is 10.0 Å². The molecule has 1 aromatic carbocycles. The summed E-state index contributed by atoms with van der Waals surface area (Å²) in [7, 11) is -3.71. The highest BCUT2D eigenvalue weighted by Gasteiger charge is 2.71. The number of thiophene rings is 1. The van der Waals surface area contributed by atoms with E-state index in [1.54, 1.807) is 16.3 Å². The molecular weight excluding hydrogens is 494 g/mol. The molecular formula is C20H22F6N2O3S2. The van der Waals surface area contributed by atoms with Gasteiger partial charge in [0.15, 0.2) is 0 Å². The smallest absolute Gasteiger partial charge is 0.369 e. The summed E-state index contributed by atoms with van der Waals surface area (Å²) in [6.07, 6.45) is -11.9. The molecule has 33 heavy (non-hydrogen) atoms. The molecule has 1 aromatic heterocycles. The number of sulfonamides is 1. The number of piperazine rings is 1. The first kappa shape index (κ1) is 25.8. The Hall–Kier alpha value is -1.83. The summed E-state index contributed by atoms with van der Waals surface area (Å²) in [4.78, 5) is 1.76. The molecule has 2 heterocycles. The van der Waals surface area contributed by atoms with Gasteiger partial charge in [-0.25, -0.2) is 8.42 Å². The Balaban J connectivity index is 1.89. The number of alkyl halides is 6. The summed E-state index contributed by atoms with van der Waals surface area (Å²) in [5.41, 5.74) is -6.01. The van der Waals surface area contributed by atoms with Crippen LogP contribution in [-0.4, -0.2) is 55.9 Å². The maximum Gasteiger partial charge on any atom is 0.430 e. The Kier molecular flexibility index (Phi) is 6.84. The monoisotopic (exact) mass is 516 g/mol. The number of rotatable bonds is 5. The van der Waals surface area contributed by atoms with Crippen molar-refractivity contribution >= 4 is 27.0 Å². The minimum absolute atomic E-state index is 0.0757. The van der Waals surface area contributed by atoms with E-state index in [0.29, 0.717) is 17.8 Å². The minimum Gasteiger partial charge on any atom is -0.369 e. The van der Waals surface area contributed by atoms with Crippen molar-refractivity contribution in [3.05, 3.63) is 47.3 Å². The molecule has 2 aromatic rings. The fraction of sp³-hybridized carbons (Fsp3) is 0.500.